The lowest BCUT2D eigenvalue weighted by atomic mass is 9.83. The molecule has 1 saturated carbocycles. The quantitative estimate of drug-likeness (QED) is 0.810. The van der Waals surface area contributed by atoms with Crippen molar-refractivity contribution < 1.29 is 9.53 Å². The maximum atomic E-state index is 12.7. The van der Waals surface area contributed by atoms with Gasteiger partial charge in [-0.15, -0.1) is 0 Å². The van der Waals surface area contributed by atoms with Gasteiger partial charge in [0, 0.05) is 32.1 Å². The summed E-state index contributed by atoms with van der Waals surface area (Å²) in [6.07, 6.45) is 7.24. The predicted molar refractivity (Wildman–Crippen MR) is 101 cm³/mol. The normalized spacial score (nSPS) is 18.4. The van der Waals surface area contributed by atoms with Crippen molar-refractivity contribution in [3.05, 3.63) is 35.5 Å². The number of rotatable bonds is 5. The lowest BCUT2D eigenvalue weighted by Gasteiger charge is -2.31. The molecule has 7 nitrogen and oxygen atoms in total. The summed E-state index contributed by atoms with van der Waals surface area (Å²) in [5.74, 6) is 1.78. The highest BCUT2D eigenvalue weighted by Crippen LogP contribution is 2.35. The summed E-state index contributed by atoms with van der Waals surface area (Å²) in [7, 11) is 1.82. The molecule has 0 aromatic carbocycles. The monoisotopic (exact) mass is 369 g/mol. The van der Waals surface area contributed by atoms with E-state index in [1.165, 1.54) is 19.3 Å². The van der Waals surface area contributed by atoms with E-state index in [4.69, 9.17) is 4.74 Å². The van der Waals surface area contributed by atoms with Crippen LogP contribution in [0.4, 0.5) is 0 Å². The Morgan fingerprint density at radius 1 is 1.19 bits per heavy atom. The third-order valence-electron chi connectivity index (χ3n) is 5.78. The number of aryl methyl sites for hydroxylation is 2. The minimum absolute atomic E-state index is 0.0680. The highest BCUT2D eigenvalue weighted by Gasteiger charge is 2.26. The number of carbonyl (C=O) groups is 1. The van der Waals surface area contributed by atoms with E-state index in [0.717, 1.165) is 37.3 Å². The van der Waals surface area contributed by atoms with Gasteiger partial charge in [-0.2, -0.15) is 5.10 Å². The third-order valence-corrected chi connectivity index (χ3v) is 5.78. The van der Waals surface area contributed by atoms with Crippen LogP contribution in [0.15, 0.2) is 18.5 Å². The lowest BCUT2D eigenvalue weighted by molar-refractivity contribution is 0.0648. The van der Waals surface area contributed by atoms with Crippen LogP contribution in [-0.4, -0.2) is 50.3 Å². The Balaban J connectivity index is 1.27. The topological polar surface area (TPSA) is 73.1 Å². The zero-order valence-corrected chi connectivity index (χ0v) is 16.1. The number of carbonyl (C=O) groups excluding carboxylic acids is 1. The highest BCUT2D eigenvalue weighted by atomic mass is 16.5. The van der Waals surface area contributed by atoms with Crippen molar-refractivity contribution in [3.63, 3.8) is 0 Å². The molecule has 4 rings (SSSR count). The van der Waals surface area contributed by atoms with Gasteiger partial charge in [0.1, 0.15) is 12.0 Å². The van der Waals surface area contributed by atoms with E-state index in [1.807, 2.05) is 31.0 Å². The van der Waals surface area contributed by atoms with Crippen molar-refractivity contribution >= 4 is 5.91 Å². The van der Waals surface area contributed by atoms with Gasteiger partial charge in [-0.25, -0.2) is 9.97 Å². The first-order valence-electron chi connectivity index (χ1n) is 9.85. The minimum Gasteiger partial charge on any atom is -0.477 e. The van der Waals surface area contributed by atoms with Crippen molar-refractivity contribution in [1.29, 1.82) is 0 Å². The van der Waals surface area contributed by atoms with Crippen LogP contribution >= 0.6 is 0 Å². The third kappa shape index (κ3) is 3.96. The second-order valence-electron chi connectivity index (χ2n) is 7.75. The molecule has 1 aliphatic heterocycles. The Hall–Kier alpha value is -2.44. The molecule has 7 heteroatoms. The number of aromatic nitrogens is 4. The van der Waals surface area contributed by atoms with Crippen molar-refractivity contribution in [1.82, 2.24) is 24.6 Å². The standard InChI is InChI=1S/C20H27N5O2/c1-14-10-18(24(2)23-14)20(26)25-8-6-15(7-9-25)12-27-19-11-17(21-13-22-19)16-4-3-5-16/h10-11,13,15-16H,3-9,12H2,1-2H3. The fourth-order valence-electron chi connectivity index (χ4n) is 3.84. The van der Waals surface area contributed by atoms with Gasteiger partial charge in [0.05, 0.1) is 18.0 Å². The van der Waals surface area contributed by atoms with Gasteiger partial charge in [0.15, 0.2) is 0 Å². The second-order valence-corrected chi connectivity index (χ2v) is 7.75. The zero-order chi connectivity index (χ0) is 18.8. The number of hydrogen-bond donors (Lipinski definition) is 0. The van der Waals surface area contributed by atoms with E-state index in [1.54, 1.807) is 11.0 Å². The number of nitrogens with zero attached hydrogens (tertiary/aromatic N) is 5. The lowest BCUT2D eigenvalue weighted by Crippen LogP contribution is -2.40. The molecular formula is C20H27N5O2. The van der Waals surface area contributed by atoms with E-state index >= 15 is 0 Å². The Morgan fingerprint density at radius 2 is 1.96 bits per heavy atom. The van der Waals surface area contributed by atoms with Crippen LogP contribution in [0, 0.1) is 12.8 Å². The van der Waals surface area contributed by atoms with Crippen molar-refractivity contribution in [3.8, 4) is 5.88 Å². The van der Waals surface area contributed by atoms with Crippen molar-refractivity contribution in [2.24, 2.45) is 13.0 Å². The van der Waals surface area contributed by atoms with E-state index in [9.17, 15) is 4.79 Å². The molecule has 2 aromatic heterocycles. The molecule has 2 fully saturated rings. The first-order chi connectivity index (χ1) is 13.1. The van der Waals surface area contributed by atoms with Gasteiger partial charge < -0.3 is 9.64 Å². The maximum absolute atomic E-state index is 12.7. The number of hydrogen-bond acceptors (Lipinski definition) is 5. The number of likely N-dealkylation sites (tertiary alicyclic amines) is 1. The molecular weight excluding hydrogens is 342 g/mol. The van der Waals surface area contributed by atoms with Crippen molar-refractivity contribution in [2.45, 2.75) is 44.9 Å². The van der Waals surface area contributed by atoms with Gasteiger partial charge in [-0.1, -0.05) is 6.42 Å². The van der Waals surface area contributed by atoms with Crippen LogP contribution in [0.3, 0.4) is 0 Å². The minimum atomic E-state index is 0.0680. The van der Waals surface area contributed by atoms with E-state index < -0.39 is 0 Å². The summed E-state index contributed by atoms with van der Waals surface area (Å²) in [5, 5.41) is 4.27. The van der Waals surface area contributed by atoms with Crippen LogP contribution < -0.4 is 4.74 Å². The molecule has 0 radical (unpaired) electrons. The Kier molecular flexibility index (Phi) is 5.09. The highest BCUT2D eigenvalue weighted by molar-refractivity contribution is 5.92. The van der Waals surface area contributed by atoms with Crippen LogP contribution in [0.5, 0.6) is 5.88 Å². The van der Waals surface area contributed by atoms with Crippen LogP contribution in [0.2, 0.25) is 0 Å². The largest absolute Gasteiger partial charge is 0.477 e. The molecule has 144 valence electrons. The molecule has 1 aliphatic carbocycles. The molecule has 1 saturated heterocycles. The van der Waals surface area contributed by atoms with Crippen LogP contribution in [-0.2, 0) is 7.05 Å². The average Bonchev–Trinajstić information content (AvgIpc) is 2.97. The van der Waals surface area contributed by atoms with E-state index in [-0.39, 0.29) is 5.91 Å². The molecule has 3 heterocycles. The van der Waals surface area contributed by atoms with Crippen LogP contribution in [0.25, 0.3) is 0 Å². The van der Waals surface area contributed by atoms with Gasteiger partial charge in [-0.05, 0) is 44.6 Å². The Morgan fingerprint density at radius 3 is 2.59 bits per heavy atom. The number of piperidine rings is 1. The Bertz CT molecular complexity index is 806. The van der Waals surface area contributed by atoms with Crippen molar-refractivity contribution in [2.75, 3.05) is 19.7 Å². The van der Waals surface area contributed by atoms with Gasteiger partial charge in [0.25, 0.3) is 5.91 Å². The number of amides is 1. The summed E-state index contributed by atoms with van der Waals surface area (Å²) < 4.78 is 7.61. The van der Waals surface area contributed by atoms with Gasteiger partial charge >= 0.3 is 0 Å². The first-order valence-corrected chi connectivity index (χ1v) is 9.85. The molecule has 2 aliphatic rings. The van der Waals surface area contributed by atoms with E-state index in [0.29, 0.717) is 30.0 Å². The summed E-state index contributed by atoms with van der Waals surface area (Å²) in [5.41, 5.74) is 2.64. The fourth-order valence-corrected chi connectivity index (χ4v) is 3.84. The molecule has 0 spiro atoms. The average molecular weight is 369 g/mol. The molecule has 0 unspecified atom stereocenters. The summed E-state index contributed by atoms with van der Waals surface area (Å²) in [4.78, 5) is 23.2. The smallest absolute Gasteiger partial charge is 0.272 e. The molecule has 0 N–H and O–H groups in total. The van der Waals surface area contributed by atoms with Crippen LogP contribution in [0.1, 0.15) is 59.9 Å². The molecule has 0 bridgehead atoms. The van der Waals surface area contributed by atoms with E-state index in [2.05, 4.69) is 15.1 Å². The molecule has 1 amide bonds. The number of ether oxygens (including phenoxy) is 1. The fraction of sp³-hybridized carbons (Fsp3) is 0.600. The molecule has 27 heavy (non-hydrogen) atoms. The van der Waals surface area contributed by atoms with Gasteiger partial charge in [-0.3, -0.25) is 9.48 Å². The SMILES string of the molecule is Cc1cc(C(=O)N2CCC(COc3cc(C4CCC4)ncn3)CC2)n(C)n1. The maximum Gasteiger partial charge on any atom is 0.272 e. The predicted octanol–water partition coefficient (Wildman–Crippen LogP) is 2.72. The summed E-state index contributed by atoms with van der Waals surface area (Å²) in [6, 6.07) is 3.85. The molecule has 2 aromatic rings. The summed E-state index contributed by atoms with van der Waals surface area (Å²) in [6.45, 7) is 4.07. The second kappa shape index (κ2) is 7.66. The zero-order valence-electron chi connectivity index (χ0n) is 16.1. The Labute approximate surface area is 159 Å². The summed E-state index contributed by atoms with van der Waals surface area (Å²) >= 11 is 0. The first kappa shape index (κ1) is 17.9. The molecule has 0 atom stereocenters. The van der Waals surface area contributed by atoms with Gasteiger partial charge in [0.2, 0.25) is 5.88 Å².